The van der Waals surface area contributed by atoms with E-state index in [9.17, 15) is 13.2 Å². The zero-order chi connectivity index (χ0) is 16.0. The number of benzene rings is 1. The molecule has 1 aromatic rings. The fourth-order valence-electron chi connectivity index (χ4n) is 3.66. The summed E-state index contributed by atoms with van der Waals surface area (Å²) < 4.78 is 50.6. The van der Waals surface area contributed by atoms with Gasteiger partial charge in [-0.05, 0) is 47.2 Å². The van der Waals surface area contributed by atoms with Gasteiger partial charge in [-0.1, -0.05) is 31.8 Å². The minimum Gasteiger partial charge on any atom is -0.454 e. The second-order valence-corrected chi connectivity index (χ2v) is 6.35. The van der Waals surface area contributed by atoms with E-state index >= 15 is 0 Å². The molecule has 0 saturated heterocycles. The van der Waals surface area contributed by atoms with E-state index in [1.807, 2.05) is 6.08 Å². The van der Waals surface area contributed by atoms with Gasteiger partial charge in [0.1, 0.15) is 0 Å². The third-order valence-corrected chi connectivity index (χ3v) is 4.86. The van der Waals surface area contributed by atoms with E-state index < -0.39 is 11.7 Å². The van der Waals surface area contributed by atoms with Crippen LogP contribution in [0.15, 0.2) is 24.3 Å². The maximum atomic E-state index is 13.3. The van der Waals surface area contributed by atoms with Crippen molar-refractivity contribution in [3.8, 4) is 11.5 Å². The third kappa shape index (κ3) is 2.62. The molecule has 0 radical (unpaired) electrons. The van der Waals surface area contributed by atoms with Crippen LogP contribution in [0, 0.1) is 5.92 Å². The summed E-state index contributed by atoms with van der Waals surface area (Å²) in [5, 5.41) is 0. The molecular weight excluding hydrogens is 305 g/mol. The van der Waals surface area contributed by atoms with Crippen molar-refractivity contribution in [2.24, 2.45) is 5.92 Å². The Hall–Kier alpha value is -1.91. The number of alkyl halides is 3. The van der Waals surface area contributed by atoms with Crippen LogP contribution in [0.25, 0.3) is 11.1 Å². The van der Waals surface area contributed by atoms with Gasteiger partial charge in [0.15, 0.2) is 11.5 Å². The van der Waals surface area contributed by atoms with E-state index in [1.165, 1.54) is 37.8 Å². The first kappa shape index (κ1) is 14.7. The van der Waals surface area contributed by atoms with E-state index in [4.69, 9.17) is 9.47 Å². The number of fused-ring (bicyclic) bond motifs is 2. The fourth-order valence-corrected chi connectivity index (χ4v) is 3.66. The molecule has 1 saturated carbocycles. The maximum Gasteiger partial charge on any atom is 0.417 e. The van der Waals surface area contributed by atoms with Crippen molar-refractivity contribution in [2.75, 3.05) is 6.79 Å². The number of rotatable bonds is 2. The standard InChI is InChI=1S/C18H17F3O2/c19-18(20,21)15-7-12(6-5-11-3-1-2-4-11)13-8-16-17(9-14(13)15)23-10-22-16/h6-9,11H,1-5,10H2. The molecule has 1 aliphatic heterocycles. The van der Waals surface area contributed by atoms with Gasteiger partial charge in [-0.25, -0.2) is 0 Å². The highest BCUT2D eigenvalue weighted by Gasteiger charge is 2.40. The Morgan fingerprint density at radius 3 is 2.35 bits per heavy atom. The molecule has 1 aromatic carbocycles. The average molecular weight is 322 g/mol. The van der Waals surface area contributed by atoms with E-state index in [0.29, 0.717) is 28.6 Å². The molecule has 23 heavy (non-hydrogen) atoms. The summed E-state index contributed by atoms with van der Waals surface area (Å²) in [6.07, 6.45) is 4.49. The molecule has 0 N–H and O–H groups in total. The molecule has 0 spiro atoms. The lowest BCUT2D eigenvalue weighted by Crippen LogP contribution is -2.09. The Morgan fingerprint density at radius 1 is 1.04 bits per heavy atom. The summed E-state index contributed by atoms with van der Waals surface area (Å²) >= 11 is 0. The summed E-state index contributed by atoms with van der Waals surface area (Å²) in [6.45, 7) is 0.0599. The highest BCUT2D eigenvalue weighted by molar-refractivity contribution is 5.98. The third-order valence-electron chi connectivity index (χ3n) is 4.86. The highest BCUT2D eigenvalue weighted by atomic mass is 19.4. The lowest BCUT2D eigenvalue weighted by Gasteiger charge is -2.10. The predicted molar refractivity (Wildman–Crippen MR) is 81.1 cm³/mol. The van der Waals surface area contributed by atoms with Gasteiger partial charge >= 0.3 is 6.18 Å². The van der Waals surface area contributed by atoms with Crippen LogP contribution < -0.4 is 9.47 Å². The summed E-state index contributed by atoms with van der Waals surface area (Å²) in [7, 11) is 0. The minimum atomic E-state index is -4.37. The molecule has 3 aliphatic rings. The van der Waals surface area contributed by atoms with Crippen molar-refractivity contribution in [3.05, 3.63) is 35.4 Å². The lowest BCUT2D eigenvalue weighted by atomic mass is 9.98. The van der Waals surface area contributed by atoms with E-state index in [1.54, 1.807) is 6.07 Å². The van der Waals surface area contributed by atoms with Crippen LogP contribution in [0.5, 0.6) is 11.5 Å². The molecule has 1 heterocycles. The van der Waals surface area contributed by atoms with Crippen molar-refractivity contribution < 1.29 is 22.6 Å². The van der Waals surface area contributed by atoms with Crippen molar-refractivity contribution >= 4 is 11.1 Å². The monoisotopic (exact) mass is 322 g/mol. The van der Waals surface area contributed by atoms with E-state index in [2.05, 4.69) is 0 Å². The zero-order valence-electron chi connectivity index (χ0n) is 12.6. The van der Waals surface area contributed by atoms with Gasteiger partial charge in [0.05, 0.1) is 5.57 Å². The summed E-state index contributed by atoms with van der Waals surface area (Å²) in [5.74, 6) is 1.51. The van der Waals surface area contributed by atoms with Crippen LogP contribution in [-0.4, -0.2) is 13.0 Å². The molecule has 2 aliphatic carbocycles. The number of hydrogen-bond donors (Lipinski definition) is 0. The van der Waals surface area contributed by atoms with Crippen LogP contribution in [0.2, 0.25) is 0 Å². The SMILES string of the molecule is FC(F)(F)C1=CC(=CCC2CCCC2)c2cc3c(cc21)OCO3. The molecule has 2 nitrogen and oxygen atoms in total. The average Bonchev–Trinajstić information content (AvgIpc) is 3.21. The van der Waals surface area contributed by atoms with Gasteiger partial charge in [0, 0.05) is 0 Å². The Labute approximate surface area is 132 Å². The maximum absolute atomic E-state index is 13.3. The zero-order valence-corrected chi connectivity index (χ0v) is 12.6. The quantitative estimate of drug-likeness (QED) is 0.732. The van der Waals surface area contributed by atoms with Gasteiger partial charge in [-0.15, -0.1) is 0 Å². The van der Waals surface area contributed by atoms with Gasteiger partial charge < -0.3 is 9.47 Å². The number of halogens is 3. The normalized spacial score (nSPS) is 21.9. The molecular formula is C18H17F3O2. The van der Waals surface area contributed by atoms with E-state index in [0.717, 1.165) is 6.42 Å². The first-order chi connectivity index (χ1) is 11.0. The van der Waals surface area contributed by atoms with Crippen LogP contribution >= 0.6 is 0 Å². The smallest absolute Gasteiger partial charge is 0.417 e. The molecule has 0 bridgehead atoms. The molecule has 4 rings (SSSR count). The van der Waals surface area contributed by atoms with Gasteiger partial charge in [0.2, 0.25) is 6.79 Å². The van der Waals surface area contributed by atoms with Crippen molar-refractivity contribution in [1.82, 2.24) is 0 Å². The molecule has 0 unspecified atom stereocenters. The lowest BCUT2D eigenvalue weighted by molar-refractivity contribution is -0.0687. The second-order valence-electron chi connectivity index (χ2n) is 6.35. The summed E-state index contributed by atoms with van der Waals surface area (Å²) in [5.41, 5.74) is 0.847. The Bertz CT molecular complexity index is 695. The summed E-state index contributed by atoms with van der Waals surface area (Å²) in [4.78, 5) is 0. The molecule has 122 valence electrons. The Kier molecular flexibility index (Phi) is 3.39. The molecule has 1 fully saturated rings. The first-order valence-corrected chi connectivity index (χ1v) is 7.96. The van der Waals surface area contributed by atoms with Crippen molar-refractivity contribution in [1.29, 1.82) is 0 Å². The fraction of sp³-hybridized carbons (Fsp3) is 0.444. The molecule has 0 aromatic heterocycles. The number of ether oxygens (including phenoxy) is 2. The van der Waals surface area contributed by atoms with Gasteiger partial charge in [0.25, 0.3) is 0 Å². The van der Waals surface area contributed by atoms with Crippen LogP contribution in [0.4, 0.5) is 13.2 Å². The minimum absolute atomic E-state index is 0.0599. The van der Waals surface area contributed by atoms with Crippen LogP contribution in [0.1, 0.15) is 43.2 Å². The van der Waals surface area contributed by atoms with Gasteiger partial charge in [-0.2, -0.15) is 13.2 Å². The molecule has 5 heteroatoms. The van der Waals surface area contributed by atoms with Crippen molar-refractivity contribution in [2.45, 2.75) is 38.3 Å². The van der Waals surface area contributed by atoms with Crippen molar-refractivity contribution in [3.63, 3.8) is 0 Å². The largest absolute Gasteiger partial charge is 0.454 e. The predicted octanol–water partition coefficient (Wildman–Crippen LogP) is 5.34. The Balaban J connectivity index is 1.73. The van der Waals surface area contributed by atoms with Gasteiger partial charge in [-0.3, -0.25) is 0 Å². The summed E-state index contributed by atoms with van der Waals surface area (Å²) in [6, 6.07) is 3.13. The number of hydrogen-bond acceptors (Lipinski definition) is 2. The van der Waals surface area contributed by atoms with Crippen LogP contribution in [0.3, 0.4) is 0 Å². The van der Waals surface area contributed by atoms with Crippen LogP contribution in [-0.2, 0) is 0 Å². The second kappa shape index (κ2) is 5.32. The topological polar surface area (TPSA) is 18.5 Å². The first-order valence-electron chi connectivity index (χ1n) is 7.96. The molecule has 0 amide bonds. The molecule has 0 atom stereocenters. The highest BCUT2D eigenvalue weighted by Crippen LogP contribution is 2.49. The van der Waals surface area contributed by atoms with E-state index in [-0.39, 0.29) is 12.4 Å². The Morgan fingerprint density at radius 2 is 1.70 bits per heavy atom. The number of allylic oxidation sites excluding steroid dienone is 4.